The van der Waals surface area contributed by atoms with Gasteiger partial charge < -0.3 is 10.3 Å². The maximum absolute atomic E-state index is 12.2. The fourth-order valence-electron chi connectivity index (χ4n) is 3.07. The Bertz CT molecular complexity index is 533. The van der Waals surface area contributed by atoms with Crippen molar-refractivity contribution in [1.29, 1.82) is 0 Å². The molecule has 2 heterocycles. The van der Waals surface area contributed by atoms with Crippen molar-refractivity contribution in [1.82, 2.24) is 15.2 Å². The minimum Gasteiger partial charge on any atom is -0.348 e. The van der Waals surface area contributed by atoms with E-state index in [1.54, 1.807) is 12.1 Å². The number of rotatable bonds is 4. The number of aromatic nitrogens is 1. The molecule has 1 aliphatic heterocycles. The van der Waals surface area contributed by atoms with Crippen molar-refractivity contribution in [3.8, 4) is 0 Å². The second-order valence-electron chi connectivity index (χ2n) is 6.02. The molecule has 20 heavy (non-hydrogen) atoms. The molecule has 1 amide bonds. The van der Waals surface area contributed by atoms with Gasteiger partial charge in [0.2, 0.25) is 0 Å². The first kappa shape index (κ1) is 13.4. The molecule has 1 aliphatic carbocycles. The smallest absolute Gasteiger partial charge is 0.267 e. The Balaban J connectivity index is 1.59. The Hall–Kier alpha value is -1.62. The summed E-state index contributed by atoms with van der Waals surface area (Å²) in [5, 5.41) is 3.07. The molecule has 0 bridgehead atoms. The molecule has 0 unspecified atom stereocenters. The van der Waals surface area contributed by atoms with Gasteiger partial charge in [-0.05, 0) is 38.3 Å². The lowest BCUT2D eigenvalue weighted by atomic mass is 10.2. The molecule has 0 spiro atoms. The number of carbonyl (C=O) groups is 2. The Kier molecular flexibility index (Phi) is 3.38. The van der Waals surface area contributed by atoms with E-state index in [1.807, 2.05) is 0 Å². The van der Waals surface area contributed by atoms with Crippen LogP contribution in [0.25, 0.3) is 0 Å². The molecule has 2 N–H and O–H groups in total. The van der Waals surface area contributed by atoms with E-state index in [4.69, 9.17) is 0 Å². The molecular weight excluding hydrogens is 254 g/mol. The first-order valence-corrected chi connectivity index (χ1v) is 7.31. The van der Waals surface area contributed by atoms with E-state index in [0.717, 1.165) is 19.0 Å². The quantitative estimate of drug-likeness (QED) is 0.820. The van der Waals surface area contributed by atoms with Crippen LogP contribution in [0.4, 0.5) is 0 Å². The predicted octanol–water partition coefficient (Wildman–Crippen LogP) is 1.57. The van der Waals surface area contributed by atoms with E-state index in [9.17, 15) is 9.59 Å². The average Bonchev–Trinajstić information content (AvgIpc) is 2.98. The van der Waals surface area contributed by atoms with E-state index >= 15 is 0 Å². The van der Waals surface area contributed by atoms with Crippen LogP contribution in [0.3, 0.4) is 0 Å². The summed E-state index contributed by atoms with van der Waals surface area (Å²) < 4.78 is 0. The van der Waals surface area contributed by atoms with Gasteiger partial charge in [-0.1, -0.05) is 0 Å². The zero-order valence-electron chi connectivity index (χ0n) is 12.0. The van der Waals surface area contributed by atoms with Crippen molar-refractivity contribution < 1.29 is 9.59 Å². The third-order valence-electron chi connectivity index (χ3n) is 4.28. The second kappa shape index (κ2) is 5.05. The summed E-state index contributed by atoms with van der Waals surface area (Å²) in [4.78, 5) is 28.8. The Labute approximate surface area is 118 Å². The summed E-state index contributed by atoms with van der Waals surface area (Å²) in [6.45, 7) is 4.66. The highest BCUT2D eigenvalue weighted by Gasteiger charge is 2.39. The van der Waals surface area contributed by atoms with E-state index in [1.165, 1.54) is 19.8 Å². The van der Waals surface area contributed by atoms with E-state index in [-0.39, 0.29) is 17.7 Å². The number of nitrogens with one attached hydrogen (secondary N) is 2. The number of ketones is 1. The average molecular weight is 275 g/mol. The molecule has 5 heteroatoms. The zero-order valence-corrected chi connectivity index (χ0v) is 12.0. The summed E-state index contributed by atoms with van der Waals surface area (Å²) >= 11 is 0. The minimum absolute atomic E-state index is 0.0570. The molecule has 5 nitrogen and oxygen atoms in total. The Morgan fingerprint density at radius 3 is 2.60 bits per heavy atom. The first-order valence-electron chi connectivity index (χ1n) is 7.31. The van der Waals surface area contributed by atoms with Crippen molar-refractivity contribution in [2.45, 2.75) is 51.2 Å². The van der Waals surface area contributed by atoms with E-state index in [0.29, 0.717) is 17.4 Å². The lowest BCUT2D eigenvalue weighted by molar-refractivity contribution is 0.0933. The van der Waals surface area contributed by atoms with Gasteiger partial charge in [-0.2, -0.15) is 0 Å². The second-order valence-corrected chi connectivity index (χ2v) is 6.02. The summed E-state index contributed by atoms with van der Waals surface area (Å²) in [5.41, 5.74) is 0.947. The van der Waals surface area contributed by atoms with Crippen molar-refractivity contribution in [2.24, 2.45) is 0 Å². The summed E-state index contributed by atoms with van der Waals surface area (Å²) in [7, 11) is 0. The summed E-state index contributed by atoms with van der Waals surface area (Å²) in [5.74, 6) is -0.175. The maximum atomic E-state index is 12.2. The first-order chi connectivity index (χ1) is 9.54. The van der Waals surface area contributed by atoms with Gasteiger partial charge >= 0.3 is 0 Å². The normalized spacial score (nSPS) is 26.7. The molecule has 2 aliphatic rings. The van der Waals surface area contributed by atoms with Crippen LogP contribution in [-0.4, -0.2) is 46.2 Å². The molecule has 2 fully saturated rings. The molecule has 3 rings (SSSR count). The molecule has 0 aromatic carbocycles. The topological polar surface area (TPSA) is 65.2 Å². The van der Waals surface area contributed by atoms with Crippen molar-refractivity contribution in [3.05, 3.63) is 23.5 Å². The van der Waals surface area contributed by atoms with Gasteiger partial charge in [0.1, 0.15) is 5.69 Å². The molecule has 2 atom stereocenters. The zero-order chi connectivity index (χ0) is 14.3. The minimum atomic E-state index is -0.118. The molecule has 1 saturated carbocycles. The van der Waals surface area contributed by atoms with Gasteiger partial charge in [-0.25, -0.2) is 0 Å². The Morgan fingerprint density at radius 2 is 2.00 bits per heavy atom. The number of H-pyrrole nitrogens is 1. The van der Waals surface area contributed by atoms with E-state index < -0.39 is 0 Å². The van der Waals surface area contributed by atoms with Crippen LogP contribution >= 0.6 is 0 Å². The highest BCUT2D eigenvalue weighted by molar-refractivity contribution is 5.97. The largest absolute Gasteiger partial charge is 0.348 e. The SMILES string of the molecule is CC(=O)c1ccc(C(=O)N[C@@H]2C[C@H](C)N(C3CC3)C2)[nH]1. The number of hydrogen-bond acceptors (Lipinski definition) is 3. The number of hydrogen-bond donors (Lipinski definition) is 2. The standard InChI is InChI=1S/C15H21N3O2/c1-9-7-11(8-18(9)12-3-4-12)16-15(20)14-6-5-13(17-14)10(2)19/h5-6,9,11-12,17H,3-4,7-8H2,1-2H3,(H,16,20)/t9-,11+/m0/s1. The van der Waals surface area contributed by atoms with Gasteiger partial charge in [0, 0.05) is 31.6 Å². The highest BCUT2D eigenvalue weighted by Crippen LogP contribution is 2.33. The molecule has 1 saturated heterocycles. The molecule has 1 aromatic rings. The number of likely N-dealkylation sites (tertiary alicyclic amines) is 1. The molecule has 0 radical (unpaired) electrons. The lowest BCUT2D eigenvalue weighted by Crippen LogP contribution is -2.37. The number of nitrogens with zero attached hydrogens (tertiary/aromatic N) is 1. The van der Waals surface area contributed by atoms with Crippen molar-refractivity contribution in [3.63, 3.8) is 0 Å². The van der Waals surface area contributed by atoms with Crippen LogP contribution in [0.2, 0.25) is 0 Å². The number of amides is 1. The van der Waals surface area contributed by atoms with Crippen LogP contribution in [0.5, 0.6) is 0 Å². The number of aromatic amines is 1. The fourth-order valence-corrected chi connectivity index (χ4v) is 3.07. The van der Waals surface area contributed by atoms with Crippen LogP contribution < -0.4 is 5.32 Å². The monoisotopic (exact) mass is 275 g/mol. The Morgan fingerprint density at radius 1 is 1.30 bits per heavy atom. The molecular formula is C15H21N3O2. The summed E-state index contributed by atoms with van der Waals surface area (Å²) in [6.07, 6.45) is 3.59. The predicted molar refractivity (Wildman–Crippen MR) is 75.9 cm³/mol. The molecule has 1 aromatic heterocycles. The number of Topliss-reactive ketones (excluding diaryl/α,β-unsaturated/α-hetero) is 1. The van der Waals surface area contributed by atoms with Gasteiger partial charge in [-0.3, -0.25) is 14.5 Å². The van der Waals surface area contributed by atoms with Crippen molar-refractivity contribution in [2.75, 3.05) is 6.54 Å². The van der Waals surface area contributed by atoms with Crippen LogP contribution in [0.15, 0.2) is 12.1 Å². The summed E-state index contributed by atoms with van der Waals surface area (Å²) in [6, 6.07) is 4.82. The third-order valence-corrected chi connectivity index (χ3v) is 4.28. The van der Waals surface area contributed by atoms with Crippen LogP contribution in [-0.2, 0) is 0 Å². The van der Waals surface area contributed by atoms with Crippen LogP contribution in [0.1, 0.15) is 54.1 Å². The van der Waals surface area contributed by atoms with E-state index in [2.05, 4.69) is 22.1 Å². The third kappa shape index (κ3) is 2.63. The lowest BCUT2D eigenvalue weighted by Gasteiger charge is -2.19. The highest BCUT2D eigenvalue weighted by atomic mass is 16.2. The van der Waals surface area contributed by atoms with Gasteiger partial charge in [0.05, 0.1) is 5.69 Å². The van der Waals surface area contributed by atoms with Gasteiger partial charge in [0.25, 0.3) is 5.91 Å². The van der Waals surface area contributed by atoms with Crippen molar-refractivity contribution >= 4 is 11.7 Å². The van der Waals surface area contributed by atoms with Gasteiger partial charge in [0.15, 0.2) is 5.78 Å². The molecule has 108 valence electrons. The maximum Gasteiger partial charge on any atom is 0.267 e. The van der Waals surface area contributed by atoms with Crippen LogP contribution in [0, 0.1) is 0 Å². The fraction of sp³-hybridized carbons (Fsp3) is 0.600. The number of carbonyl (C=O) groups excluding carboxylic acids is 2. The van der Waals surface area contributed by atoms with Gasteiger partial charge in [-0.15, -0.1) is 0 Å².